The van der Waals surface area contributed by atoms with Crippen molar-refractivity contribution in [2.75, 3.05) is 13.1 Å². The summed E-state index contributed by atoms with van der Waals surface area (Å²) >= 11 is 0. The zero-order valence-corrected chi connectivity index (χ0v) is 8.34. The van der Waals surface area contributed by atoms with E-state index in [-0.39, 0.29) is 0 Å². The van der Waals surface area contributed by atoms with Crippen molar-refractivity contribution in [2.45, 2.75) is 44.1 Å². The summed E-state index contributed by atoms with van der Waals surface area (Å²) in [6.07, 6.45) is 13.6. The third kappa shape index (κ3) is 1.17. The predicted molar refractivity (Wildman–Crippen MR) is 54.6 cm³/mol. The molecule has 0 N–H and O–H groups in total. The highest BCUT2D eigenvalue weighted by Gasteiger charge is 2.44. The van der Waals surface area contributed by atoms with Gasteiger partial charge >= 0.3 is 0 Å². The summed E-state index contributed by atoms with van der Waals surface area (Å²) in [6.45, 7) is 2.72. The summed E-state index contributed by atoms with van der Waals surface area (Å²) in [5.41, 5.74) is 0.533. The van der Waals surface area contributed by atoms with E-state index >= 15 is 0 Å². The average Bonchev–Trinajstić information content (AvgIpc) is 2.80. The Kier molecular flexibility index (Phi) is 1.76. The Hall–Kier alpha value is -0.300. The van der Waals surface area contributed by atoms with Crippen molar-refractivity contribution in [1.82, 2.24) is 4.90 Å². The Morgan fingerprint density at radius 1 is 1.15 bits per heavy atom. The molecule has 0 aromatic carbocycles. The lowest BCUT2D eigenvalue weighted by Gasteiger charge is -2.40. The summed E-state index contributed by atoms with van der Waals surface area (Å²) in [5, 5.41) is 0. The zero-order chi connectivity index (χ0) is 8.73. The molecule has 1 nitrogen and oxygen atoms in total. The zero-order valence-electron chi connectivity index (χ0n) is 8.34. The second-order valence-electron chi connectivity index (χ2n) is 5.01. The van der Waals surface area contributed by atoms with Crippen LogP contribution in [0.5, 0.6) is 0 Å². The number of rotatable bonds is 1. The Balaban J connectivity index is 1.79. The first-order chi connectivity index (χ1) is 6.39. The lowest BCUT2D eigenvalue weighted by atomic mass is 9.94. The van der Waals surface area contributed by atoms with Gasteiger partial charge in [-0.1, -0.05) is 18.6 Å². The van der Waals surface area contributed by atoms with Gasteiger partial charge in [0, 0.05) is 5.54 Å². The number of allylic oxidation sites excluding steroid dienone is 1. The summed E-state index contributed by atoms with van der Waals surface area (Å²) in [4.78, 5) is 2.76. The van der Waals surface area contributed by atoms with Crippen LogP contribution >= 0.6 is 0 Å². The number of hydrogen-bond acceptors (Lipinski definition) is 1. The Morgan fingerprint density at radius 3 is 2.54 bits per heavy atom. The summed E-state index contributed by atoms with van der Waals surface area (Å²) in [7, 11) is 0. The third-order valence-corrected chi connectivity index (χ3v) is 4.23. The second kappa shape index (κ2) is 2.84. The minimum atomic E-state index is 0.533. The van der Waals surface area contributed by atoms with Crippen LogP contribution in [0.1, 0.15) is 38.5 Å². The summed E-state index contributed by atoms with van der Waals surface area (Å²) in [5.74, 6) is 0.932. The van der Waals surface area contributed by atoms with E-state index in [4.69, 9.17) is 0 Å². The van der Waals surface area contributed by atoms with Crippen LogP contribution in [0.3, 0.4) is 0 Å². The molecule has 13 heavy (non-hydrogen) atoms. The fraction of sp³-hybridized carbons (Fsp3) is 0.833. The van der Waals surface area contributed by atoms with Gasteiger partial charge in [0.05, 0.1) is 0 Å². The van der Waals surface area contributed by atoms with Crippen LogP contribution in [0.2, 0.25) is 0 Å². The smallest absolute Gasteiger partial charge is 0.0397 e. The van der Waals surface area contributed by atoms with Gasteiger partial charge in [0.25, 0.3) is 0 Å². The molecule has 1 heterocycles. The molecule has 0 spiro atoms. The van der Waals surface area contributed by atoms with E-state index in [0.29, 0.717) is 5.54 Å². The summed E-state index contributed by atoms with van der Waals surface area (Å²) < 4.78 is 0. The molecule has 2 unspecified atom stereocenters. The Labute approximate surface area is 80.8 Å². The monoisotopic (exact) mass is 177 g/mol. The van der Waals surface area contributed by atoms with Crippen LogP contribution in [-0.4, -0.2) is 23.5 Å². The van der Waals surface area contributed by atoms with Gasteiger partial charge in [0.1, 0.15) is 0 Å². The van der Waals surface area contributed by atoms with E-state index in [2.05, 4.69) is 17.1 Å². The maximum atomic E-state index is 2.76. The molecule has 2 bridgehead atoms. The molecule has 1 heteroatoms. The first kappa shape index (κ1) is 8.05. The third-order valence-electron chi connectivity index (χ3n) is 4.23. The molecular weight excluding hydrogens is 158 g/mol. The van der Waals surface area contributed by atoms with Gasteiger partial charge in [-0.15, -0.1) is 0 Å². The Morgan fingerprint density at radius 2 is 2.00 bits per heavy atom. The largest absolute Gasteiger partial charge is 0.294 e. The normalized spacial score (nSPS) is 44.5. The van der Waals surface area contributed by atoms with Gasteiger partial charge in [0.15, 0.2) is 0 Å². The topological polar surface area (TPSA) is 3.24 Å². The van der Waals surface area contributed by atoms with E-state index in [1.807, 2.05) is 0 Å². The van der Waals surface area contributed by atoms with Crippen LogP contribution < -0.4 is 0 Å². The fourth-order valence-corrected chi connectivity index (χ4v) is 3.46. The highest BCUT2D eigenvalue weighted by Crippen LogP contribution is 2.46. The van der Waals surface area contributed by atoms with Gasteiger partial charge < -0.3 is 0 Å². The number of piperidine rings is 1. The minimum absolute atomic E-state index is 0.533. The van der Waals surface area contributed by atoms with Crippen LogP contribution in [0, 0.1) is 5.92 Å². The molecular formula is C12H19N. The molecule has 3 aliphatic rings. The standard InChI is InChI=1S/C12H19N/c1-2-8-13(9-3-1)12-6-4-11(10-12)5-7-12/h4,6,11H,1-3,5,7-10H2. The molecule has 2 atom stereocenters. The van der Waals surface area contributed by atoms with E-state index < -0.39 is 0 Å². The fourth-order valence-electron chi connectivity index (χ4n) is 3.46. The molecule has 2 aliphatic carbocycles. The highest BCUT2D eigenvalue weighted by molar-refractivity contribution is 5.21. The number of hydrogen-bond donors (Lipinski definition) is 0. The van der Waals surface area contributed by atoms with Gasteiger partial charge in [-0.25, -0.2) is 0 Å². The van der Waals surface area contributed by atoms with Gasteiger partial charge in [-0.3, -0.25) is 4.90 Å². The van der Waals surface area contributed by atoms with Crippen molar-refractivity contribution in [3.05, 3.63) is 12.2 Å². The molecule has 2 fully saturated rings. The quantitative estimate of drug-likeness (QED) is 0.556. The molecule has 3 rings (SSSR count). The SMILES string of the molecule is C1=CC2(N3CCCCC3)CCC1C2. The van der Waals surface area contributed by atoms with Crippen LogP contribution in [0.4, 0.5) is 0 Å². The molecule has 1 aliphatic heterocycles. The lowest BCUT2D eigenvalue weighted by Crippen LogP contribution is -2.47. The van der Waals surface area contributed by atoms with E-state index in [1.165, 1.54) is 51.6 Å². The second-order valence-corrected chi connectivity index (χ2v) is 5.01. The van der Waals surface area contributed by atoms with E-state index in [9.17, 15) is 0 Å². The maximum Gasteiger partial charge on any atom is 0.0397 e. The van der Waals surface area contributed by atoms with Crippen molar-refractivity contribution < 1.29 is 0 Å². The van der Waals surface area contributed by atoms with Gasteiger partial charge in [-0.05, 0) is 51.1 Å². The van der Waals surface area contributed by atoms with Gasteiger partial charge in [0.2, 0.25) is 0 Å². The van der Waals surface area contributed by atoms with Gasteiger partial charge in [-0.2, -0.15) is 0 Å². The molecule has 1 saturated heterocycles. The number of fused-ring (bicyclic) bond motifs is 2. The number of nitrogens with zero attached hydrogens (tertiary/aromatic N) is 1. The molecule has 0 aromatic rings. The molecule has 0 aromatic heterocycles. The molecule has 72 valence electrons. The lowest BCUT2D eigenvalue weighted by molar-refractivity contribution is 0.111. The molecule has 0 radical (unpaired) electrons. The average molecular weight is 177 g/mol. The van der Waals surface area contributed by atoms with Crippen molar-refractivity contribution in [3.8, 4) is 0 Å². The Bertz CT molecular complexity index is 227. The van der Waals surface area contributed by atoms with Crippen LogP contribution in [0.25, 0.3) is 0 Å². The minimum Gasteiger partial charge on any atom is -0.294 e. The molecule has 0 amide bonds. The van der Waals surface area contributed by atoms with E-state index in [0.717, 1.165) is 5.92 Å². The first-order valence-corrected chi connectivity index (χ1v) is 5.84. The van der Waals surface area contributed by atoms with Crippen molar-refractivity contribution in [2.24, 2.45) is 5.92 Å². The van der Waals surface area contributed by atoms with Crippen molar-refractivity contribution in [3.63, 3.8) is 0 Å². The van der Waals surface area contributed by atoms with Crippen molar-refractivity contribution in [1.29, 1.82) is 0 Å². The highest BCUT2D eigenvalue weighted by atomic mass is 15.2. The summed E-state index contributed by atoms with van der Waals surface area (Å²) in [6, 6.07) is 0. The first-order valence-electron chi connectivity index (χ1n) is 5.84. The van der Waals surface area contributed by atoms with Crippen molar-refractivity contribution >= 4 is 0 Å². The van der Waals surface area contributed by atoms with Crippen LogP contribution in [0.15, 0.2) is 12.2 Å². The van der Waals surface area contributed by atoms with E-state index in [1.54, 1.807) is 0 Å². The maximum absolute atomic E-state index is 2.76. The van der Waals surface area contributed by atoms with Crippen LogP contribution in [-0.2, 0) is 0 Å². The predicted octanol–water partition coefficient (Wildman–Crippen LogP) is 2.58. The number of likely N-dealkylation sites (tertiary alicyclic amines) is 1. The molecule has 1 saturated carbocycles.